The number of sulfonamides is 1. The Morgan fingerprint density at radius 1 is 1.00 bits per heavy atom. The number of hydrogen-bond donors (Lipinski definition) is 0. The van der Waals surface area contributed by atoms with Crippen molar-refractivity contribution in [3.8, 4) is 0 Å². The summed E-state index contributed by atoms with van der Waals surface area (Å²) in [5.74, 6) is 0.252. The minimum absolute atomic E-state index is 0.00196. The van der Waals surface area contributed by atoms with E-state index in [1.54, 1.807) is 6.92 Å². The van der Waals surface area contributed by atoms with Gasteiger partial charge in [0.05, 0.1) is 10.6 Å². The zero-order chi connectivity index (χ0) is 19.9. The van der Waals surface area contributed by atoms with Gasteiger partial charge in [-0.15, -0.1) is 0 Å². The van der Waals surface area contributed by atoms with Crippen LogP contribution in [-0.2, 0) is 22.9 Å². The second-order valence-electron chi connectivity index (χ2n) is 7.54. The lowest BCUT2D eigenvalue weighted by Crippen LogP contribution is -2.33. The second-order valence-corrected chi connectivity index (χ2v) is 9.48. The summed E-state index contributed by atoms with van der Waals surface area (Å²) < 4.78 is 41.4. The number of aromatic nitrogens is 2. The van der Waals surface area contributed by atoms with Crippen molar-refractivity contribution < 1.29 is 12.8 Å². The van der Waals surface area contributed by atoms with Gasteiger partial charge in [-0.3, -0.25) is 0 Å². The minimum Gasteiger partial charge on any atom is -0.341 e. The van der Waals surface area contributed by atoms with E-state index in [0.717, 1.165) is 54.9 Å². The zero-order valence-corrected chi connectivity index (χ0v) is 17.1. The van der Waals surface area contributed by atoms with Crippen LogP contribution in [0.15, 0.2) is 23.1 Å². The van der Waals surface area contributed by atoms with Gasteiger partial charge < -0.3 is 4.90 Å². The highest BCUT2D eigenvalue weighted by molar-refractivity contribution is 7.89. The molecule has 8 heteroatoms. The van der Waals surface area contributed by atoms with Gasteiger partial charge in [0.15, 0.2) is 0 Å². The Hall–Kier alpha value is -2.06. The summed E-state index contributed by atoms with van der Waals surface area (Å²) in [5.41, 5.74) is 3.33. The number of rotatable bonds is 3. The Labute approximate surface area is 165 Å². The predicted octanol–water partition coefficient (Wildman–Crippen LogP) is 2.62. The molecule has 0 amide bonds. The minimum atomic E-state index is -3.75. The molecule has 0 unspecified atom stereocenters. The zero-order valence-electron chi connectivity index (χ0n) is 16.3. The Bertz CT molecular complexity index is 1000. The molecule has 1 saturated heterocycles. The van der Waals surface area contributed by atoms with E-state index >= 15 is 0 Å². The van der Waals surface area contributed by atoms with E-state index in [9.17, 15) is 12.8 Å². The summed E-state index contributed by atoms with van der Waals surface area (Å²) >= 11 is 0. The van der Waals surface area contributed by atoms with Crippen LogP contribution in [0.1, 0.15) is 35.4 Å². The number of benzene rings is 1. The van der Waals surface area contributed by atoms with Crippen molar-refractivity contribution in [3.63, 3.8) is 0 Å². The van der Waals surface area contributed by atoms with Gasteiger partial charge in [0.1, 0.15) is 5.82 Å². The first-order chi connectivity index (χ1) is 13.4. The van der Waals surface area contributed by atoms with Gasteiger partial charge in [0.25, 0.3) is 0 Å². The molecule has 0 spiro atoms. The summed E-state index contributed by atoms with van der Waals surface area (Å²) in [6.45, 7) is 6.21. The molecule has 1 aromatic carbocycles. The summed E-state index contributed by atoms with van der Waals surface area (Å²) in [6, 6.07) is 4.09. The topological polar surface area (TPSA) is 66.4 Å². The molecule has 0 N–H and O–H groups in total. The van der Waals surface area contributed by atoms with Gasteiger partial charge >= 0.3 is 0 Å². The van der Waals surface area contributed by atoms with Crippen molar-refractivity contribution in [2.45, 2.75) is 44.4 Å². The van der Waals surface area contributed by atoms with E-state index in [1.807, 2.05) is 6.92 Å². The number of aryl methyl sites for hydroxylation is 2. The van der Waals surface area contributed by atoms with Gasteiger partial charge in [0, 0.05) is 38.3 Å². The highest BCUT2D eigenvalue weighted by Crippen LogP contribution is 2.26. The maximum Gasteiger partial charge on any atom is 0.243 e. The lowest BCUT2D eigenvalue weighted by Gasteiger charge is -2.20. The van der Waals surface area contributed by atoms with Crippen LogP contribution in [0.2, 0.25) is 0 Å². The highest BCUT2D eigenvalue weighted by atomic mass is 32.2. The van der Waals surface area contributed by atoms with E-state index in [0.29, 0.717) is 31.5 Å². The third kappa shape index (κ3) is 3.51. The molecule has 3 heterocycles. The molecule has 0 saturated carbocycles. The van der Waals surface area contributed by atoms with Crippen molar-refractivity contribution >= 4 is 16.0 Å². The van der Waals surface area contributed by atoms with E-state index in [4.69, 9.17) is 4.98 Å². The summed E-state index contributed by atoms with van der Waals surface area (Å²) in [6.07, 6.45) is 3.40. The molecule has 1 fully saturated rings. The maximum atomic E-state index is 13.9. The fraction of sp³-hybridized carbons (Fsp3) is 0.500. The van der Waals surface area contributed by atoms with Crippen LogP contribution >= 0.6 is 0 Å². The van der Waals surface area contributed by atoms with Crippen LogP contribution in [0.4, 0.5) is 10.3 Å². The number of fused-ring (bicyclic) bond motifs is 1. The Balaban J connectivity index is 1.60. The van der Waals surface area contributed by atoms with E-state index in [1.165, 1.54) is 16.4 Å². The quantitative estimate of drug-likeness (QED) is 0.787. The molecule has 4 rings (SSSR count). The molecular weight excluding hydrogens is 379 g/mol. The van der Waals surface area contributed by atoms with E-state index in [2.05, 4.69) is 9.88 Å². The lowest BCUT2D eigenvalue weighted by molar-refractivity contribution is 0.425. The standard InChI is InChI=1S/C20H25FN4O2S/c1-14-5-6-16(13-18(14)21)28(26,27)25-11-7-17-15(2)22-20(23-19(17)8-12-25)24-9-3-4-10-24/h5-6,13H,3-4,7-12H2,1-2H3. The molecule has 6 nitrogen and oxygen atoms in total. The predicted molar refractivity (Wildman–Crippen MR) is 106 cm³/mol. The van der Waals surface area contributed by atoms with Gasteiger partial charge in [-0.25, -0.2) is 22.8 Å². The van der Waals surface area contributed by atoms with Gasteiger partial charge in [-0.05, 0) is 56.4 Å². The first-order valence-electron chi connectivity index (χ1n) is 9.74. The third-order valence-corrected chi connectivity index (χ3v) is 7.56. The smallest absolute Gasteiger partial charge is 0.243 e. The Morgan fingerprint density at radius 3 is 2.43 bits per heavy atom. The van der Waals surface area contributed by atoms with Crippen molar-refractivity contribution in [1.29, 1.82) is 0 Å². The lowest BCUT2D eigenvalue weighted by atomic mass is 10.1. The molecule has 0 aliphatic carbocycles. The van der Waals surface area contributed by atoms with Crippen molar-refractivity contribution in [1.82, 2.24) is 14.3 Å². The highest BCUT2D eigenvalue weighted by Gasteiger charge is 2.29. The average molecular weight is 405 g/mol. The normalized spacial score (nSPS) is 18.2. The summed E-state index contributed by atoms with van der Waals surface area (Å²) in [4.78, 5) is 11.6. The molecule has 28 heavy (non-hydrogen) atoms. The molecular formula is C20H25FN4O2S. The van der Waals surface area contributed by atoms with Crippen molar-refractivity contribution in [2.75, 3.05) is 31.1 Å². The largest absolute Gasteiger partial charge is 0.341 e. The SMILES string of the molecule is Cc1ccc(S(=O)(=O)N2CCc3nc(N4CCCC4)nc(C)c3CC2)cc1F. The van der Waals surface area contributed by atoms with Crippen LogP contribution in [0.5, 0.6) is 0 Å². The monoisotopic (exact) mass is 404 g/mol. The molecule has 0 radical (unpaired) electrons. The molecule has 1 aromatic heterocycles. The first-order valence-corrected chi connectivity index (χ1v) is 11.2. The first kappa shape index (κ1) is 19.3. The van der Waals surface area contributed by atoms with E-state index in [-0.39, 0.29) is 4.90 Å². The number of nitrogens with zero attached hydrogens (tertiary/aromatic N) is 4. The molecule has 150 valence electrons. The Kier molecular flexibility index (Phi) is 5.09. The Morgan fingerprint density at radius 2 is 1.71 bits per heavy atom. The van der Waals surface area contributed by atoms with E-state index < -0.39 is 15.8 Å². The van der Waals surface area contributed by atoms with Gasteiger partial charge in [-0.2, -0.15) is 4.31 Å². The molecule has 2 aliphatic rings. The number of halogens is 1. The number of hydrogen-bond acceptors (Lipinski definition) is 5. The molecule has 2 aliphatic heterocycles. The molecule has 2 aromatic rings. The van der Waals surface area contributed by atoms with Crippen LogP contribution in [0.3, 0.4) is 0 Å². The maximum absolute atomic E-state index is 13.9. The molecule has 0 bridgehead atoms. The van der Waals surface area contributed by atoms with Gasteiger partial charge in [0.2, 0.25) is 16.0 Å². The number of anilines is 1. The summed E-state index contributed by atoms with van der Waals surface area (Å²) in [5, 5.41) is 0. The fourth-order valence-electron chi connectivity index (χ4n) is 3.93. The van der Waals surface area contributed by atoms with Crippen LogP contribution in [0.25, 0.3) is 0 Å². The average Bonchev–Trinajstić information content (AvgIpc) is 3.10. The van der Waals surface area contributed by atoms with Crippen molar-refractivity contribution in [3.05, 3.63) is 46.5 Å². The van der Waals surface area contributed by atoms with Crippen LogP contribution < -0.4 is 4.90 Å². The third-order valence-electron chi connectivity index (χ3n) is 5.67. The summed E-state index contributed by atoms with van der Waals surface area (Å²) in [7, 11) is -3.75. The van der Waals surface area contributed by atoms with Gasteiger partial charge in [-0.1, -0.05) is 6.07 Å². The van der Waals surface area contributed by atoms with Crippen LogP contribution in [0, 0.1) is 19.7 Å². The van der Waals surface area contributed by atoms with Crippen LogP contribution in [-0.4, -0.2) is 48.9 Å². The second kappa shape index (κ2) is 7.40. The van der Waals surface area contributed by atoms with Crippen molar-refractivity contribution in [2.24, 2.45) is 0 Å². The fourth-order valence-corrected chi connectivity index (χ4v) is 5.39. The molecule has 0 atom stereocenters.